The summed E-state index contributed by atoms with van der Waals surface area (Å²) in [5, 5.41) is 15.3. The van der Waals surface area contributed by atoms with Crippen LogP contribution in [0, 0.1) is 5.41 Å². The first-order valence-corrected chi connectivity index (χ1v) is 7.20. The van der Waals surface area contributed by atoms with Gasteiger partial charge in [0.05, 0.1) is 6.04 Å². The predicted molar refractivity (Wildman–Crippen MR) is 79.3 cm³/mol. The van der Waals surface area contributed by atoms with Gasteiger partial charge in [0.1, 0.15) is 0 Å². The van der Waals surface area contributed by atoms with Crippen molar-refractivity contribution in [1.29, 1.82) is 0 Å². The van der Waals surface area contributed by atoms with Crippen LogP contribution in [-0.4, -0.2) is 30.2 Å². The third-order valence-corrected chi connectivity index (χ3v) is 3.93. The lowest BCUT2D eigenvalue weighted by Crippen LogP contribution is -2.49. The molecule has 1 aliphatic heterocycles. The van der Waals surface area contributed by atoms with Gasteiger partial charge in [-0.15, -0.1) is 0 Å². The van der Waals surface area contributed by atoms with Gasteiger partial charge in [0.25, 0.3) is 0 Å². The van der Waals surface area contributed by atoms with E-state index in [4.69, 9.17) is 5.11 Å². The zero-order valence-electron chi connectivity index (χ0n) is 12.3. The van der Waals surface area contributed by atoms with Crippen molar-refractivity contribution in [2.75, 3.05) is 13.2 Å². The minimum absolute atomic E-state index is 0.0468. The lowest BCUT2D eigenvalue weighted by molar-refractivity contribution is -0.123. The maximum absolute atomic E-state index is 12.2. The molecule has 0 aliphatic carbocycles. The van der Waals surface area contributed by atoms with Crippen molar-refractivity contribution in [3.63, 3.8) is 0 Å². The molecule has 1 heterocycles. The average Bonchev–Trinajstić information content (AvgIpc) is 2.44. The number of benzene rings is 1. The van der Waals surface area contributed by atoms with Crippen LogP contribution in [0.15, 0.2) is 24.3 Å². The highest BCUT2D eigenvalue weighted by atomic mass is 16.3. The van der Waals surface area contributed by atoms with Crippen LogP contribution in [0.1, 0.15) is 31.4 Å². The highest BCUT2D eigenvalue weighted by Crippen LogP contribution is 2.19. The molecule has 0 radical (unpaired) electrons. The first kappa shape index (κ1) is 15.0. The molecule has 0 saturated heterocycles. The van der Waals surface area contributed by atoms with E-state index in [1.54, 1.807) is 0 Å². The van der Waals surface area contributed by atoms with E-state index in [9.17, 15) is 4.79 Å². The Kier molecular flexibility index (Phi) is 4.78. The molecule has 0 spiro atoms. The maximum Gasteiger partial charge on any atom is 0.237 e. The van der Waals surface area contributed by atoms with E-state index in [2.05, 4.69) is 22.8 Å². The van der Waals surface area contributed by atoms with Crippen LogP contribution in [0.4, 0.5) is 0 Å². The van der Waals surface area contributed by atoms with E-state index in [0.29, 0.717) is 13.0 Å². The molecule has 0 fully saturated rings. The van der Waals surface area contributed by atoms with Crippen molar-refractivity contribution in [3.05, 3.63) is 35.4 Å². The Morgan fingerprint density at radius 2 is 2.10 bits per heavy atom. The third kappa shape index (κ3) is 3.81. The summed E-state index contributed by atoms with van der Waals surface area (Å²) in [6, 6.07) is 8.07. The van der Waals surface area contributed by atoms with Crippen molar-refractivity contribution in [2.45, 2.75) is 39.3 Å². The van der Waals surface area contributed by atoms with Crippen molar-refractivity contribution < 1.29 is 9.90 Å². The number of aliphatic hydroxyl groups excluding tert-OH is 1. The monoisotopic (exact) mass is 276 g/mol. The van der Waals surface area contributed by atoms with Gasteiger partial charge < -0.3 is 15.7 Å². The van der Waals surface area contributed by atoms with Gasteiger partial charge in [-0.2, -0.15) is 0 Å². The van der Waals surface area contributed by atoms with E-state index in [1.165, 1.54) is 11.1 Å². The van der Waals surface area contributed by atoms with Gasteiger partial charge in [0.2, 0.25) is 5.91 Å². The molecule has 0 aromatic heterocycles. The van der Waals surface area contributed by atoms with Crippen LogP contribution >= 0.6 is 0 Å². The fourth-order valence-corrected chi connectivity index (χ4v) is 2.48. The third-order valence-electron chi connectivity index (χ3n) is 3.93. The second-order valence-electron chi connectivity index (χ2n) is 6.26. The molecule has 20 heavy (non-hydrogen) atoms. The van der Waals surface area contributed by atoms with Crippen molar-refractivity contribution in [1.82, 2.24) is 10.6 Å². The number of carbonyl (C=O) groups is 1. The Bertz CT molecular complexity index is 471. The molecule has 1 unspecified atom stereocenters. The standard InChI is InChI=1S/C16H24N2O2/c1-16(2,7-8-19)11-18-15(20)14-9-12-5-3-4-6-13(12)10-17-14/h3-6,14,17,19H,7-11H2,1-2H3,(H,18,20). The fourth-order valence-electron chi connectivity index (χ4n) is 2.48. The van der Waals surface area contributed by atoms with E-state index in [1.807, 2.05) is 26.0 Å². The molecule has 0 saturated carbocycles. The average molecular weight is 276 g/mol. The van der Waals surface area contributed by atoms with E-state index < -0.39 is 0 Å². The van der Waals surface area contributed by atoms with Gasteiger partial charge >= 0.3 is 0 Å². The summed E-state index contributed by atoms with van der Waals surface area (Å²) in [6.07, 6.45) is 1.43. The van der Waals surface area contributed by atoms with Crippen LogP contribution in [0.2, 0.25) is 0 Å². The van der Waals surface area contributed by atoms with Gasteiger partial charge in [-0.25, -0.2) is 0 Å². The number of rotatable bonds is 5. The molecule has 2 rings (SSSR count). The van der Waals surface area contributed by atoms with Gasteiger partial charge in [0, 0.05) is 19.7 Å². The maximum atomic E-state index is 12.2. The highest BCUT2D eigenvalue weighted by molar-refractivity contribution is 5.82. The number of nitrogens with one attached hydrogen (secondary N) is 2. The summed E-state index contributed by atoms with van der Waals surface area (Å²) in [4.78, 5) is 12.2. The number of amides is 1. The number of hydrogen-bond acceptors (Lipinski definition) is 3. The SMILES string of the molecule is CC(C)(CCO)CNC(=O)C1Cc2ccccc2CN1. The van der Waals surface area contributed by atoms with Crippen LogP contribution in [0.3, 0.4) is 0 Å². The predicted octanol–water partition coefficient (Wildman–Crippen LogP) is 1.23. The summed E-state index contributed by atoms with van der Waals surface area (Å²) < 4.78 is 0. The summed E-state index contributed by atoms with van der Waals surface area (Å²) >= 11 is 0. The summed E-state index contributed by atoms with van der Waals surface area (Å²) in [6.45, 7) is 5.58. The molecular weight excluding hydrogens is 252 g/mol. The molecule has 3 N–H and O–H groups in total. The normalized spacial score (nSPS) is 18.4. The lowest BCUT2D eigenvalue weighted by atomic mass is 9.89. The Morgan fingerprint density at radius 1 is 1.40 bits per heavy atom. The van der Waals surface area contributed by atoms with Crippen molar-refractivity contribution >= 4 is 5.91 Å². The lowest BCUT2D eigenvalue weighted by Gasteiger charge is -2.28. The fraction of sp³-hybridized carbons (Fsp3) is 0.562. The molecule has 0 bridgehead atoms. The summed E-state index contributed by atoms with van der Waals surface area (Å²) in [5.74, 6) is 0.0468. The smallest absolute Gasteiger partial charge is 0.237 e. The Hall–Kier alpha value is -1.39. The molecule has 4 heteroatoms. The zero-order chi connectivity index (χ0) is 14.6. The van der Waals surface area contributed by atoms with E-state index >= 15 is 0 Å². The molecule has 4 nitrogen and oxygen atoms in total. The van der Waals surface area contributed by atoms with Gasteiger partial charge in [-0.3, -0.25) is 4.79 Å². The molecule has 110 valence electrons. The van der Waals surface area contributed by atoms with Gasteiger partial charge in [-0.05, 0) is 29.4 Å². The Labute approximate surface area is 120 Å². The summed E-state index contributed by atoms with van der Waals surface area (Å²) in [5.41, 5.74) is 2.45. The van der Waals surface area contributed by atoms with Gasteiger partial charge in [-0.1, -0.05) is 38.1 Å². The van der Waals surface area contributed by atoms with Crippen LogP contribution in [-0.2, 0) is 17.8 Å². The van der Waals surface area contributed by atoms with Gasteiger partial charge in [0.15, 0.2) is 0 Å². The molecule has 1 aliphatic rings. The molecule has 1 atom stereocenters. The quantitative estimate of drug-likeness (QED) is 0.758. The number of fused-ring (bicyclic) bond motifs is 1. The highest BCUT2D eigenvalue weighted by Gasteiger charge is 2.25. The first-order valence-electron chi connectivity index (χ1n) is 7.20. The minimum Gasteiger partial charge on any atom is -0.396 e. The van der Waals surface area contributed by atoms with E-state index in [0.717, 1.165) is 13.0 Å². The largest absolute Gasteiger partial charge is 0.396 e. The Morgan fingerprint density at radius 3 is 2.80 bits per heavy atom. The molecular formula is C16H24N2O2. The van der Waals surface area contributed by atoms with Crippen LogP contribution < -0.4 is 10.6 Å². The number of aliphatic hydroxyl groups is 1. The van der Waals surface area contributed by atoms with Crippen LogP contribution in [0.5, 0.6) is 0 Å². The zero-order valence-corrected chi connectivity index (χ0v) is 12.3. The first-order chi connectivity index (χ1) is 9.52. The van der Waals surface area contributed by atoms with Crippen LogP contribution in [0.25, 0.3) is 0 Å². The van der Waals surface area contributed by atoms with E-state index in [-0.39, 0.29) is 24.0 Å². The topological polar surface area (TPSA) is 61.4 Å². The molecule has 1 amide bonds. The second kappa shape index (κ2) is 6.37. The molecule has 1 aromatic carbocycles. The minimum atomic E-state index is -0.158. The summed E-state index contributed by atoms with van der Waals surface area (Å²) in [7, 11) is 0. The number of carbonyl (C=O) groups excluding carboxylic acids is 1. The van der Waals surface area contributed by atoms with Crippen molar-refractivity contribution in [3.8, 4) is 0 Å². The number of hydrogen-bond donors (Lipinski definition) is 3. The Balaban J connectivity index is 1.89. The molecule has 1 aromatic rings. The van der Waals surface area contributed by atoms with Crippen molar-refractivity contribution in [2.24, 2.45) is 5.41 Å². The second-order valence-corrected chi connectivity index (χ2v) is 6.26.